The highest BCUT2D eigenvalue weighted by Crippen LogP contribution is 2.00. The summed E-state index contributed by atoms with van der Waals surface area (Å²) in [6.07, 6.45) is 3.08. The standard InChI is InChI=1S/C21H44N14O/c1-15(23)14-16(24)6-3-9-30-20(27)34-21(28)32-11-5-13-35(17(36)7-8-22)12-4-10-31-19(26)33-18(25)29-2/h23-24H,3-14,22H2,1-2H3,(H5,25,26,29,31,33)(H5,27,28,30,32,34). The Morgan fingerprint density at radius 2 is 1.28 bits per heavy atom. The van der Waals surface area contributed by atoms with Crippen molar-refractivity contribution >= 4 is 41.2 Å². The average molecular weight is 509 g/mol. The summed E-state index contributed by atoms with van der Waals surface area (Å²) in [5.74, 6) is 0.577. The van der Waals surface area contributed by atoms with Crippen LogP contribution in [-0.4, -0.2) is 92.4 Å². The number of nitrogens with zero attached hydrogens (tertiary/aromatic N) is 5. The Balaban J connectivity index is 4.47. The van der Waals surface area contributed by atoms with E-state index in [4.69, 9.17) is 39.5 Å². The van der Waals surface area contributed by atoms with Crippen LogP contribution in [0.2, 0.25) is 0 Å². The van der Waals surface area contributed by atoms with Crippen molar-refractivity contribution in [3.05, 3.63) is 0 Å². The van der Waals surface area contributed by atoms with Gasteiger partial charge in [-0.25, -0.2) is 0 Å². The van der Waals surface area contributed by atoms with E-state index in [2.05, 4.69) is 30.6 Å². The first-order valence-electron chi connectivity index (χ1n) is 11.8. The van der Waals surface area contributed by atoms with E-state index in [9.17, 15) is 4.79 Å². The molecular formula is C21H44N14O. The number of rotatable bonds is 16. The third-order valence-corrected chi connectivity index (χ3v) is 4.60. The summed E-state index contributed by atoms with van der Waals surface area (Å²) in [7, 11) is 1.53. The minimum Gasteiger partial charge on any atom is -0.370 e. The molecule has 0 fully saturated rings. The zero-order valence-corrected chi connectivity index (χ0v) is 21.5. The van der Waals surface area contributed by atoms with Crippen LogP contribution in [0.5, 0.6) is 0 Å². The Bertz CT molecular complexity index is 817. The van der Waals surface area contributed by atoms with Crippen molar-refractivity contribution in [1.29, 1.82) is 10.8 Å². The van der Waals surface area contributed by atoms with Crippen molar-refractivity contribution in [3.8, 4) is 0 Å². The molecule has 204 valence electrons. The Morgan fingerprint density at radius 3 is 1.72 bits per heavy atom. The normalized spacial score (nSPS) is 12.9. The summed E-state index contributed by atoms with van der Waals surface area (Å²) >= 11 is 0. The summed E-state index contributed by atoms with van der Waals surface area (Å²) in [5.41, 5.74) is 29.4. The second kappa shape index (κ2) is 19.5. The smallest absolute Gasteiger partial charge is 0.223 e. The first-order chi connectivity index (χ1) is 17.1. The lowest BCUT2D eigenvalue weighted by molar-refractivity contribution is -0.131. The van der Waals surface area contributed by atoms with Crippen molar-refractivity contribution in [2.24, 2.45) is 48.6 Å². The summed E-state index contributed by atoms with van der Waals surface area (Å²) < 4.78 is 0. The van der Waals surface area contributed by atoms with E-state index < -0.39 is 0 Å². The van der Waals surface area contributed by atoms with Crippen LogP contribution in [0.4, 0.5) is 0 Å². The van der Waals surface area contributed by atoms with Gasteiger partial charge in [0.05, 0.1) is 0 Å². The fourth-order valence-electron chi connectivity index (χ4n) is 2.90. The summed E-state index contributed by atoms with van der Waals surface area (Å²) in [6, 6.07) is 0. The molecule has 36 heavy (non-hydrogen) atoms. The molecule has 0 aliphatic heterocycles. The molecule has 1 amide bonds. The highest BCUT2D eigenvalue weighted by Gasteiger charge is 2.12. The molecule has 0 rings (SSSR count). The predicted molar refractivity (Wildman–Crippen MR) is 148 cm³/mol. The lowest BCUT2D eigenvalue weighted by Crippen LogP contribution is -2.42. The van der Waals surface area contributed by atoms with Gasteiger partial charge in [0, 0.05) is 70.6 Å². The fourth-order valence-corrected chi connectivity index (χ4v) is 2.90. The lowest BCUT2D eigenvalue weighted by atomic mass is 10.1. The molecule has 14 N–H and O–H groups in total. The summed E-state index contributed by atoms with van der Waals surface area (Å²) in [4.78, 5) is 30.4. The Morgan fingerprint density at radius 1 is 0.806 bits per heavy atom. The van der Waals surface area contributed by atoms with E-state index in [0.717, 1.165) is 0 Å². The SMILES string of the molecule is CN=C(N)NC(N)=NCCCN(CCCN=C(N)NC(N)=NCCCC(=N)CC(C)=N)C(=O)CCN. The van der Waals surface area contributed by atoms with Gasteiger partial charge in [0.15, 0.2) is 23.8 Å². The molecule has 0 spiro atoms. The molecule has 0 radical (unpaired) electrons. The number of hydrogen-bond acceptors (Lipinski definition) is 8. The second-order valence-corrected chi connectivity index (χ2v) is 7.95. The largest absolute Gasteiger partial charge is 0.370 e. The molecule has 0 saturated heterocycles. The first-order valence-corrected chi connectivity index (χ1v) is 11.8. The van der Waals surface area contributed by atoms with E-state index >= 15 is 0 Å². The molecular weight excluding hydrogens is 464 g/mol. The maximum Gasteiger partial charge on any atom is 0.223 e. The van der Waals surface area contributed by atoms with Gasteiger partial charge in [-0.05, 0) is 32.6 Å². The number of guanidine groups is 4. The molecule has 0 aromatic rings. The molecule has 15 heteroatoms. The van der Waals surface area contributed by atoms with Gasteiger partial charge in [0.2, 0.25) is 5.91 Å². The Labute approximate surface area is 213 Å². The van der Waals surface area contributed by atoms with Gasteiger partial charge in [-0.3, -0.25) is 35.4 Å². The van der Waals surface area contributed by atoms with Crippen LogP contribution >= 0.6 is 0 Å². The number of aliphatic imine (C=N–C) groups is 4. The highest BCUT2D eigenvalue weighted by atomic mass is 16.2. The molecule has 0 bridgehead atoms. The maximum atomic E-state index is 12.4. The van der Waals surface area contributed by atoms with Crippen molar-refractivity contribution < 1.29 is 4.79 Å². The third kappa shape index (κ3) is 17.7. The number of hydrogen-bond donors (Lipinski definition) is 9. The molecule has 0 atom stereocenters. The number of amides is 1. The lowest BCUT2D eigenvalue weighted by Gasteiger charge is -2.22. The van der Waals surface area contributed by atoms with E-state index in [1.807, 2.05) is 0 Å². The minimum atomic E-state index is -0.0368. The van der Waals surface area contributed by atoms with E-state index in [1.165, 1.54) is 7.05 Å². The van der Waals surface area contributed by atoms with Crippen LogP contribution in [0, 0.1) is 10.8 Å². The Kier molecular flexibility index (Phi) is 17.5. The van der Waals surface area contributed by atoms with Crippen LogP contribution < -0.4 is 39.3 Å². The molecule has 0 aliphatic rings. The van der Waals surface area contributed by atoms with Crippen molar-refractivity contribution in [2.75, 3.05) is 46.3 Å². The number of carbonyl (C=O) groups excluding carboxylic acids is 1. The quantitative estimate of drug-likeness (QED) is 0.0652. The predicted octanol–water partition coefficient (Wildman–Crippen LogP) is -1.76. The summed E-state index contributed by atoms with van der Waals surface area (Å²) in [5, 5.41) is 20.5. The maximum absolute atomic E-state index is 12.4. The topological polar surface area (TPSA) is 272 Å². The van der Waals surface area contributed by atoms with Crippen LogP contribution in [0.3, 0.4) is 0 Å². The van der Waals surface area contributed by atoms with Crippen molar-refractivity contribution in [2.45, 2.75) is 45.4 Å². The highest BCUT2D eigenvalue weighted by molar-refractivity contribution is 6.00. The van der Waals surface area contributed by atoms with Gasteiger partial charge in [-0.15, -0.1) is 0 Å². The van der Waals surface area contributed by atoms with Gasteiger partial charge in [-0.2, -0.15) is 0 Å². The number of nitrogens with two attached hydrogens (primary N) is 5. The van der Waals surface area contributed by atoms with Gasteiger partial charge in [-0.1, -0.05) is 0 Å². The third-order valence-electron chi connectivity index (χ3n) is 4.60. The van der Waals surface area contributed by atoms with Crippen molar-refractivity contribution in [3.63, 3.8) is 0 Å². The number of nitrogens with one attached hydrogen (secondary N) is 4. The average Bonchev–Trinajstić information content (AvgIpc) is 2.80. The van der Waals surface area contributed by atoms with Gasteiger partial charge in [0.25, 0.3) is 0 Å². The molecule has 0 aliphatic carbocycles. The molecule has 0 aromatic carbocycles. The van der Waals surface area contributed by atoms with Crippen LogP contribution in [0.25, 0.3) is 0 Å². The van der Waals surface area contributed by atoms with E-state index in [0.29, 0.717) is 76.3 Å². The molecule has 0 heterocycles. The Hall–Kier alpha value is -3.75. The zero-order chi connectivity index (χ0) is 27.3. The van der Waals surface area contributed by atoms with Crippen molar-refractivity contribution in [1.82, 2.24) is 15.5 Å². The molecule has 0 unspecified atom stereocenters. The van der Waals surface area contributed by atoms with Gasteiger partial charge < -0.3 is 44.4 Å². The molecule has 0 saturated carbocycles. The van der Waals surface area contributed by atoms with Crippen LogP contribution in [-0.2, 0) is 4.79 Å². The monoisotopic (exact) mass is 508 g/mol. The second-order valence-electron chi connectivity index (χ2n) is 7.95. The number of carbonyl (C=O) groups is 1. The molecule has 15 nitrogen and oxygen atoms in total. The summed E-state index contributed by atoms with van der Waals surface area (Å²) in [6.45, 7) is 4.20. The van der Waals surface area contributed by atoms with E-state index in [-0.39, 0.29) is 42.7 Å². The minimum absolute atomic E-state index is 0.0368. The first kappa shape index (κ1) is 32.2. The van der Waals surface area contributed by atoms with Crippen LogP contribution in [0.15, 0.2) is 20.0 Å². The fraction of sp³-hybridized carbons (Fsp3) is 0.667. The zero-order valence-electron chi connectivity index (χ0n) is 21.5. The van der Waals surface area contributed by atoms with Gasteiger partial charge in [0.1, 0.15) is 0 Å². The van der Waals surface area contributed by atoms with Crippen LogP contribution in [0.1, 0.15) is 45.4 Å². The van der Waals surface area contributed by atoms with Gasteiger partial charge >= 0.3 is 0 Å². The molecule has 0 aromatic heterocycles. The van der Waals surface area contributed by atoms with E-state index in [1.54, 1.807) is 11.8 Å².